The number of hydrogen-bond acceptors (Lipinski definition) is 5. The molecule has 1 aliphatic heterocycles. The van der Waals surface area contributed by atoms with Crippen molar-refractivity contribution >= 4 is 16.9 Å². The van der Waals surface area contributed by atoms with E-state index in [0.29, 0.717) is 22.7 Å². The summed E-state index contributed by atoms with van der Waals surface area (Å²) in [6.45, 7) is 12.6. The maximum atomic E-state index is 14.9. The smallest absolute Gasteiger partial charge is 0.351 e. The molecular weight excluding hydrogens is 453 g/mol. The van der Waals surface area contributed by atoms with E-state index in [1.807, 2.05) is 38.1 Å². The Morgan fingerprint density at radius 3 is 2.56 bits per heavy atom. The number of fused-ring (bicyclic) bond motifs is 1. The van der Waals surface area contributed by atoms with Gasteiger partial charge in [0.1, 0.15) is 11.6 Å². The van der Waals surface area contributed by atoms with Gasteiger partial charge in [0.15, 0.2) is 5.65 Å². The largest absolute Gasteiger partial charge is 0.355 e. The first-order chi connectivity index (χ1) is 17.3. The summed E-state index contributed by atoms with van der Waals surface area (Å²) in [5.41, 5.74) is 4.69. The molecule has 1 N–H and O–H groups in total. The van der Waals surface area contributed by atoms with E-state index in [4.69, 9.17) is 4.98 Å². The Kier molecular flexibility index (Phi) is 6.35. The molecule has 186 valence electrons. The highest BCUT2D eigenvalue weighted by Crippen LogP contribution is 2.34. The van der Waals surface area contributed by atoms with Crippen LogP contribution in [-0.4, -0.2) is 40.2 Å². The summed E-state index contributed by atoms with van der Waals surface area (Å²) in [5, 5.41) is 4.19. The lowest BCUT2D eigenvalue weighted by atomic mass is 9.97. The van der Waals surface area contributed by atoms with Crippen LogP contribution in [0.2, 0.25) is 0 Å². The number of nitrogens with zero attached hydrogens (tertiary/aromatic N) is 4. The Bertz CT molecular complexity index is 1510. The first-order valence-electron chi connectivity index (χ1n) is 12.5. The third-order valence-electron chi connectivity index (χ3n) is 7.06. The molecule has 2 aromatic heterocycles. The number of aryl methyl sites for hydroxylation is 2. The van der Waals surface area contributed by atoms with Crippen molar-refractivity contribution in [3.05, 3.63) is 81.5 Å². The number of piperazine rings is 1. The van der Waals surface area contributed by atoms with Crippen molar-refractivity contribution in [2.24, 2.45) is 0 Å². The van der Waals surface area contributed by atoms with Crippen LogP contribution in [0, 0.1) is 19.7 Å². The lowest BCUT2D eigenvalue weighted by Crippen LogP contribution is -2.50. The second-order valence-corrected chi connectivity index (χ2v) is 9.97. The molecule has 1 atom stereocenters. The number of para-hydroxylation sites is 1. The average Bonchev–Trinajstić information content (AvgIpc) is 2.85. The number of benzene rings is 2. The molecule has 4 aromatic rings. The van der Waals surface area contributed by atoms with E-state index >= 15 is 0 Å². The van der Waals surface area contributed by atoms with Crippen LogP contribution < -0.4 is 15.9 Å². The van der Waals surface area contributed by atoms with Gasteiger partial charge in [-0.15, -0.1) is 0 Å². The van der Waals surface area contributed by atoms with Crippen LogP contribution in [0.25, 0.3) is 28.0 Å². The van der Waals surface area contributed by atoms with Crippen molar-refractivity contribution < 1.29 is 4.39 Å². The van der Waals surface area contributed by atoms with Crippen LogP contribution in [0.4, 0.5) is 10.2 Å². The number of nitrogens with one attached hydrogen (secondary N) is 1. The Morgan fingerprint density at radius 1 is 1.06 bits per heavy atom. The van der Waals surface area contributed by atoms with Crippen LogP contribution in [0.15, 0.2) is 53.3 Å². The Hall–Kier alpha value is -3.58. The zero-order valence-corrected chi connectivity index (χ0v) is 21.5. The fourth-order valence-electron chi connectivity index (χ4n) is 5.19. The zero-order valence-electron chi connectivity index (χ0n) is 21.5. The summed E-state index contributed by atoms with van der Waals surface area (Å²) in [6, 6.07) is 14.9. The monoisotopic (exact) mass is 485 g/mol. The van der Waals surface area contributed by atoms with Crippen molar-refractivity contribution in [1.82, 2.24) is 19.9 Å². The van der Waals surface area contributed by atoms with Gasteiger partial charge in [0.25, 0.3) is 0 Å². The molecule has 1 aliphatic rings. The molecule has 7 heteroatoms. The van der Waals surface area contributed by atoms with Gasteiger partial charge in [0.2, 0.25) is 0 Å². The average molecular weight is 486 g/mol. The molecule has 5 rings (SSSR count). The van der Waals surface area contributed by atoms with Crippen molar-refractivity contribution in [1.29, 1.82) is 0 Å². The third kappa shape index (κ3) is 4.07. The molecular formula is C29H32FN5O. The highest BCUT2D eigenvalue weighted by Gasteiger charge is 2.26. The van der Waals surface area contributed by atoms with Crippen LogP contribution in [-0.2, 0) is 0 Å². The van der Waals surface area contributed by atoms with Crippen LogP contribution in [0.5, 0.6) is 0 Å². The van der Waals surface area contributed by atoms with Gasteiger partial charge in [-0.2, -0.15) is 4.98 Å². The highest BCUT2D eigenvalue weighted by atomic mass is 19.1. The van der Waals surface area contributed by atoms with Gasteiger partial charge in [0, 0.05) is 31.2 Å². The predicted octanol–water partition coefficient (Wildman–Crippen LogP) is 5.13. The minimum Gasteiger partial charge on any atom is -0.351 e. The third-order valence-corrected chi connectivity index (χ3v) is 7.06. The summed E-state index contributed by atoms with van der Waals surface area (Å²) in [5.74, 6) is 0.479. The summed E-state index contributed by atoms with van der Waals surface area (Å²) < 4.78 is 16.5. The van der Waals surface area contributed by atoms with E-state index in [9.17, 15) is 9.18 Å². The lowest BCUT2D eigenvalue weighted by Gasteiger charge is -2.35. The summed E-state index contributed by atoms with van der Waals surface area (Å²) in [7, 11) is 0. The number of anilines is 1. The maximum absolute atomic E-state index is 14.9. The van der Waals surface area contributed by atoms with Crippen LogP contribution in [0.3, 0.4) is 0 Å². The first-order valence-corrected chi connectivity index (χ1v) is 12.5. The van der Waals surface area contributed by atoms with Gasteiger partial charge < -0.3 is 10.2 Å². The van der Waals surface area contributed by atoms with E-state index in [-0.39, 0.29) is 23.5 Å². The molecule has 3 heterocycles. The molecule has 6 nitrogen and oxygen atoms in total. The van der Waals surface area contributed by atoms with Gasteiger partial charge in [0.05, 0.1) is 16.8 Å². The molecule has 0 saturated carbocycles. The SMILES string of the molecule is Cc1cc2c(N3CCNC[C@@H]3C)nc(=O)n(-c3c(C)cccc3C(C)C)c2nc1-c1ccccc1F. The van der Waals surface area contributed by atoms with E-state index in [1.165, 1.54) is 6.07 Å². The normalized spacial score (nSPS) is 16.2. The number of rotatable bonds is 4. The van der Waals surface area contributed by atoms with Crippen LogP contribution in [0.1, 0.15) is 43.4 Å². The molecule has 1 fully saturated rings. The van der Waals surface area contributed by atoms with Gasteiger partial charge in [-0.05, 0) is 61.6 Å². The van der Waals surface area contributed by atoms with Crippen LogP contribution >= 0.6 is 0 Å². The molecule has 0 spiro atoms. The fourth-order valence-corrected chi connectivity index (χ4v) is 5.19. The zero-order chi connectivity index (χ0) is 25.6. The Morgan fingerprint density at radius 2 is 1.83 bits per heavy atom. The second kappa shape index (κ2) is 9.47. The first kappa shape index (κ1) is 24.1. The van der Waals surface area contributed by atoms with E-state index in [0.717, 1.165) is 47.4 Å². The summed E-state index contributed by atoms with van der Waals surface area (Å²) in [4.78, 5) is 25.7. The molecule has 0 amide bonds. The van der Waals surface area contributed by atoms with E-state index in [1.54, 1.807) is 22.8 Å². The van der Waals surface area contributed by atoms with Gasteiger partial charge in [-0.25, -0.2) is 18.7 Å². The Balaban J connectivity index is 1.90. The number of hydrogen-bond donors (Lipinski definition) is 1. The maximum Gasteiger partial charge on any atom is 0.355 e. The van der Waals surface area contributed by atoms with Gasteiger partial charge >= 0.3 is 5.69 Å². The number of pyridine rings is 1. The van der Waals surface area contributed by atoms with Crippen molar-refractivity contribution in [3.8, 4) is 16.9 Å². The fraction of sp³-hybridized carbons (Fsp3) is 0.345. The molecule has 0 aliphatic carbocycles. The van der Waals surface area contributed by atoms with Gasteiger partial charge in [-0.3, -0.25) is 0 Å². The lowest BCUT2D eigenvalue weighted by molar-refractivity contribution is 0.497. The standard InChI is InChI=1S/C29H32FN5O/c1-17(2)21-11-8-9-18(3)26(21)35-28-23(27(33-29(35)36)34-14-13-31-16-20(34)5)15-19(4)25(32-28)22-10-6-7-12-24(22)30/h6-12,15,17,20,31H,13-14,16H2,1-5H3/t20-/m0/s1. The second-order valence-electron chi connectivity index (χ2n) is 9.97. The molecule has 36 heavy (non-hydrogen) atoms. The quantitative estimate of drug-likeness (QED) is 0.435. The molecule has 2 aromatic carbocycles. The van der Waals surface area contributed by atoms with Crippen molar-refractivity contribution in [3.63, 3.8) is 0 Å². The highest BCUT2D eigenvalue weighted by molar-refractivity contribution is 5.91. The number of halogens is 1. The van der Waals surface area contributed by atoms with Crippen molar-refractivity contribution in [2.75, 3.05) is 24.5 Å². The van der Waals surface area contributed by atoms with E-state index < -0.39 is 0 Å². The van der Waals surface area contributed by atoms with Crippen molar-refractivity contribution in [2.45, 2.75) is 46.6 Å². The molecule has 1 saturated heterocycles. The topological polar surface area (TPSA) is 63.1 Å². The van der Waals surface area contributed by atoms with E-state index in [2.05, 4.69) is 36.0 Å². The molecule has 0 unspecified atom stereocenters. The van der Waals surface area contributed by atoms with Gasteiger partial charge in [-0.1, -0.05) is 44.2 Å². The summed E-state index contributed by atoms with van der Waals surface area (Å²) in [6.07, 6.45) is 0. The molecule has 0 bridgehead atoms. The number of aromatic nitrogens is 3. The minimum atomic E-state index is -0.379. The Labute approximate surface area is 210 Å². The summed E-state index contributed by atoms with van der Waals surface area (Å²) >= 11 is 0. The molecule has 0 radical (unpaired) electrons. The predicted molar refractivity (Wildman–Crippen MR) is 144 cm³/mol. The minimum absolute atomic E-state index is 0.168.